The number of carboxylic acid groups (broad SMARTS) is 1. The van der Waals surface area contributed by atoms with Crippen molar-refractivity contribution in [3.05, 3.63) is 33.8 Å². The lowest BCUT2D eigenvalue weighted by Crippen LogP contribution is -2.11. The summed E-state index contributed by atoms with van der Waals surface area (Å²) in [6.45, 7) is 1.64. The van der Waals surface area contributed by atoms with E-state index in [1.165, 1.54) is 11.8 Å². The maximum Gasteiger partial charge on any atom is 0.316 e. The average molecular weight is 265 g/mol. The Morgan fingerprint density at radius 3 is 2.80 bits per heavy atom. The molecule has 0 amide bonds. The number of aliphatic carboxylic acids is 1. The Labute approximate surface area is 103 Å². The van der Waals surface area contributed by atoms with Gasteiger partial charge in [-0.3, -0.25) is 4.79 Å². The highest BCUT2D eigenvalue weighted by Gasteiger charge is 2.12. The first kappa shape index (κ1) is 12.7. The number of hydrogen-bond donors (Lipinski definition) is 1. The van der Waals surface area contributed by atoms with Gasteiger partial charge in [-0.1, -0.05) is 23.2 Å². The second-order valence-corrected chi connectivity index (χ2v) is 5.20. The van der Waals surface area contributed by atoms with E-state index in [-0.39, 0.29) is 0 Å². The number of benzene rings is 1. The zero-order valence-corrected chi connectivity index (χ0v) is 10.4. The highest BCUT2D eigenvalue weighted by Crippen LogP contribution is 2.26. The lowest BCUT2D eigenvalue weighted by Gasteiger charge is -2.07. The standard InChI is InChI=1S/C10H10Cl2O2S/c1-6(10(13)14)15-5-7-4-8(11)2-3-9(7)12/h2-4,6H,5H2,1H3,(H,13,14). The van der Waals surface area contributed by atoms with E-state index in [0.717, 1.165) is 5.56 Å². The van der Waals surface area contributed by atoms with Gasteiger partial charge in [0, 0.05) is 15.8 Å². The van der Waals surface area contributed by atoms with Gasteiger partial charge in [-0.15, -0.1) is 11.8 Å². The monoisotopic (exact) mass is 264 g/mol. The second kappa shape index (κ2) is 5.64. The van der Waals surface area contributed by atoms with Crippen molar-refractivity contribution in [1.82, 2.24) is 0 Å². The molecule has 1 unspecified atom stereocenters. The van der Waals surface area contributed by atoms with Crippen LogP contribution in [0.4, 0.5) is 0 Å². The van der Waals surface area contributed by atoms with Crippen LogP contribution in [-0.4, -0.2) is 16.3 Å². The van der Waals surface area contributed by atoms with Crippen LogP contribution in [0.15, 0.2) is 18.2 Å². The number of halogens is 2. The number of thioether (sulfide) groups is 1. The predicted molar refractivity (Wildman–Crippen MR) is 64.9 cm³/mol. The van der Waals surface area contributed by atoms with Crippen molar-refractivity contribution in [3.63, 3.8) is 0 Å². The van der Waals surface area contributed by atoms with Gasteiger partial charge in [0.25, 0.3) is 0 Å². The van der Waals surface area contributed by atoms with E-state index >= 15 is 0 Å². The highest BCUT2D eigenvalue weighted by molar-refractivity contribution is 7.99. The third-order valence-corrected chi connectivity index (χ3v) is 3.63. The van der Waals surface area contributed by atoms with Crippen molar-refractivity contribution in [2.75, 3.05) is 0 Å². The lowest BCUT2D eigenvalue weighted by molar-refractivity contribution is -0.136. The number of carbonyl (C=O) groups is 1. The van der Waals surface area contributed by atoms with E-state index in [0.29, 0.717) is 15.8 Å². The fourth-order valence-electron chi connectivity index (χ4n) is 0.940. The molecule has 5 heteroatoms. The van der Waals surface area contributed by atoms with E-state index in [1.54, 1.807) is 25.1 Å². The van der Waals surface area contributed by atoms with Gasteiger partial charge in [0.15, 0.2) is 0 Å². The minimum absolute atomic E-state index is 0.444. The number of rotatable bonds is 4. The van der Waals surface area contributed by atoms with E-state index in [1.807, 2.05) is 0 Å². The Hall–Kier alpha value is -0.380. The van der Waals surface area contributed by atoms with Crippen LogP contribution >= 0.6 is 35.0 Å². The highest BCUT2D eigenvalue weighted by atomic mass is 35.5. The lowest BCUT2D eigenvalue weighted by atomic mass is 10.2. The Bertz CT molecular complexity index is 368. The number of carboxylic acids is 1. The molecular formula is C10H10Cl2O2S. The summed E-state index contributed by atoms with van der Waals surface area (Å²) in [5.41, 5.74) is 0.863. The minimum atomic E-state index is -0.821. The van der Waals surface area contributed by atoms with Gasteiger partial charge in [-0.05, 0) is 30.7 Å². The molecule has 15 heavy (non-hydrogen) atoms. The summed E-state index contributed by atoms with van der Waals surface area (Å²) >= 11 is 13.1. The van der Waals surface area contributed by atoms with Crippen molar-refractivity contribution in [2.24, 2.45) is 0 Å². The molecule has 82 valence electrons. The molecule has 0 fully saturated rings. The molecule has 0 aliphatic heterocycles. The topological polar surface area (TPSA) is 37.3 Å². The van der Waals surface area contributed by atoms with Crippen molar-refractivity contribution in [1.29, 1.82) is 0 Å². The molecule has 0 aromatic heterocycles. The first-order valence-corrected chi connectivity index (χ1v) is 6.09. The molecule has 0 aliphatic rings. The fourth-order valence-corrected chi connectivity index (χ4v) is 2.21. The molecular weight excluding hydrogens is 255 g/mol. The van der Waals surface area contributed by atoms with E-state index in [2.05, 4.69) is 0 Å². The van der Waals surface area contributed by atoms with Gasteiger partial charge in [0.05, 0.1) is 5.25 Å². The molecule has 0 saturated heterocycles. The molecule has 1 atom stereocenters. The SMILES string of the molecule is CC(SCc1cc(Cl)ccc1Cl)C(=O)O. The Kier molecular flexibility index (Phi) is 4.77. The summed E-state index contributed by atoms with van der Waals surface area (Å²) in [7, 11) is 0. The summed E-state index contributed by atoms with van der Waals surface area (Å²) in [6, 6.07) is 5.18. The summed E-state index contributed by atoms with van der Waals surface area (Å²) in [5.74, 6) is -0.273. The quantitative estimate of drug-likeness (QED) is 0.901. The summed E-state index contributed by atoms with van der Waals surface area (Å²) in [6.07, 6.45) is 0. The summed E-state index contributed by atoms with van der Waals surface area (Å²) in [4.78, 5) is 10.6. The zero-order valence-electron chi connectivity index (χ0n) is 8.04. The minimum Gasteiger partial charge on any atom is -0.480 e. The summed E-state index contributed by atoms with van der Waals surface area (Å²) < 4.78 is 0. The Morgan fingerprint density at radius 2 is 2.20 bits per heavy atom. The van der Waals surface area contributed by atoms with Crippen LogP contribution in [0.25, 0.3) is 0 Å². The number of hydrogen-bond acceptors (Lipinski definition) is 2. The van der Waals surface area contributed by atoms with Gasteiger partial charge in [-0.2, -0.15) is 0 Å². The Balaban J connectivity index is 2.65. The molecule has 0 heterocycles. The van der Waals surface area contributed by atoms with Crippen LogP contribution in [0.3, 0.4) is 0 Å². The maximum absolute atomic E-state index is 10.6. The molecule has 1 N–H and O–H groups in total. The van der Waals surface area contributed by atoms with Gasteiger partial charge in [0.2, 0.25) is 0 Å². The van der Waals surface area contributed by atoms with Gasteiger partial charge >= 0.3 is 5.97 Å². The van der Waals surface area contributed by atoms with Crippen molar-refractivity contribution in [2.45, 2.75) is 17.9 Å². The predicted octanol–water partition coefficient (Wildman–Crippen LogP) is 3.70. The first-order valence-electron chi connectivity index (χ1n) is 4.29. The van der Waals surface area contributed by atoms with Crippen LogP contribution in [0.1, 0.15) is 12.5 Å². The smallest absolute Gasteiger partial charge is 0.316 e. The molecule has 0 aliphatic carbocycles. The molecule has 1 aromatic rings. The molecule has 1 aromatic carbocycles. The van der Waals surface area contributed by atoms with Gasteiger partial charge in [-0.25, -0.2) is 0 Å². The average Bonchev–Trinajstić information content (AvgIpc) is 2.18. The largest absolute Gasteiger partial charge is 0.480 e. The van der Waals surface area contributed by atoms with Crippen LogP contribution in [0.5, 0.6) is 0 Å². The fraction of sp³-hybridized carbons (Fsp3) is 0.300. The second-order valence-electron chi connectivity index (χ2n) is 3.03. The molecule has 0 saturated carbocycles. The van der Waals surface area contributed by atoms with E-state index in [4.69, 9.17) is 28.3 Å². The van der Waals surface area contributed by atoms with Crippen LogP contribution in [-0.2, 0) is 10.5 Å². The molecule has 2 nitrogen and oxygen atoms in total. The van der Waals surface area contributed by atoms with Crippen LogP contribution in [0.2, 0.25) is 10.0 Å². The molecule has 0 bridgehead atoms. The van der Waals surface area contributed by atoms with Crippen molar-refractivity contribution < 1.29 is 9.90 Å². The zero-order chi connectivity index (χ0) is 11.4. The third kappa shape index (κ3) is 3.93. The van der Waals surface area contributed by atoms with Gasteiger partial charge < -0.3 is 5.11 Å². The van der Waals surface area contributed by atoms with Crippen LogP contribution in [0, 0.1) is 0 Å². The van der Waals surface area contributed by atoms with Gasteiger partial charge in [0.1, 0.15) is 0 Å². The summed E-state index contributed by atoms with van der Waals surface area (Å²) in [5, 5.41) is 9.48. The van der Waals surface area contributed by atoms with E-state index in [9.17, 15) is 4.79 Å². The normalized spacial score (nSPS) is 12.5. The maximum atomic E-state index is 10.6. The van der Waals surface area contributed by atoms with Crippen LogP contribution < -0.4 is 0 Å². The first-order chi connectivity index (χ1) is 7.00. The van der Waals surface area contributed by atoms with E-state index < -0.39 is 11.2 Å². The molecule has 0 spiro atoms. The molecule has 1 rings (SSSR count). The molecule has 0 radical (unpaired) electrons. The van der Waals surface area contributed by atoms with Crippen molar-refractivity contribution in [3.8, 4) is 0 Å². The Morgan fingerprint density at radius 1 is 1.53 bits per heavy atom. The third-order valence-electron chi connectivity index (χ3n) is 1.84. The van der Waals surface area contributed by atoms with Crippen molar-refractivity contribution >= 4 is 40.9 Å².